The highest BCUT2D eigenvalue weighted by Crippen LogP contribution is 2.46. The van der Waals surface area contributed by atoms with Gasteiger partial charge in [-0.3, -0.25) is 14.4 Å². The van der Waals surface area contributed by atoms with Gasteiger partial charge in [-0.25, -0.2) is 23.8 Å². The van der Waals surface area contributed by atoms with Crippen molar-refractivity contribution in [3.63, 3.8) is 0 Å². The summed E-state index contributed by atoms with van der Waals surface area (Å²) in [6.07, 6.45) is 0.653. The zero-order chi connectivity index (χ0) is 43.9. The second kappa shape index (κ2) is 16.9. The number of pyridine rings is 2. The maximum absolute atomic E-state index is 15.3. The van der Waals surface area contributed by atoms with E-state index in [-0.39, 0.29) is 56.2 Å². The number of fused-ring (bicyclic) bond motifs is 5. The number of primary amides is 1. The van der Waals surface area contributed by atoms with Gasteiger partial charge in [-0.15, -0.1) is 0 Å². The molecule has 18 heteroatoms. The number of aromatic nitrogens is 2. The first-order chi connectivity index (χ1) is 29.0. The minimum Gasteiger partial charge on any atom is -0.458 e. The SMILES string of the molecule is CCC1(O)C(=O)OCc2c1cc1n(c2=O)Cc2c-1nc1cc(F)c(C)c3c1c2C(NC(=O)OCc1ccc(NC(=O)C(CCCNC(N)=O)NC(=O)C(N)C(C)C)cc1)CC3. The van der Waals surface area contributed by atoms with Crippen LogP contribution in [0.3, 0.4) is 0 Å². The van der Waals surface area contributed by atoms with E-state index in [1.54, 1.807) is 58.0 Å². The molecule has 2 aromatic carbocycles. The van der Waals surface area contributed by atoms with Crippen LogP contribution in [0.2, 0.25) is 0 Å². The van der Waals surface area contributed by atoms with Crippen LogP contribution in [-0.4, -0.2) is 63.2 Å². The van der Waals surface area contributed by atoms with Gasteiger partial charge < -0.3 is 51.9 Å². The van der Waals surface area contributed by atoms with Crippen LogP contribution in [-0.2, 0) is 55.6 Å². The highest BCUT2D eigenvalue weighted by Gasteiger charge is 2.46. The van der Waals surface area contributed by atoms with Crippen LogP contribution in [0, 0.1) is 18.7 Å². The molecule has 2 aliphatic heterocycles. The number of rotatable bonds is 13. The maximum atomic E-state index is 15.3. The van der Waals surface area contributed by atoms with Crippen molar-refractivity contribution >= 4 is 46.5 Å². The number of carbonyl (C=O) groups is 5. The Hall–Kier alpha value is -6.40. The number of ether oxygens (including phenoxy) is 2. The minimum atomic E-state index is -2.02. The molecule has 7 rings (SSSR count). The smallest absolute Gasteiger partial charge is 0.407 e. The summed E-state index contributed by atoms with van der Waals surface area (Å²) >= 11 is 0. The highest BCUT2D eigenvalue weighted by molar-refractivity contribution is 5.98. The van der Waals surface area contributed by atoms with E-state index < -0.39 is 65.0 Å². The van der Waals surface area contributed by atoms with E-state index in [0.29, 0.717) is 69.5 Å². The number of hydrogen-bond acceptors (Lipinski definition) is 11. The van der Waals surface area contributed by atoms with E-state index in [1.165, 1.54) is 10.6 Å². The third-order valence-corrected chi connectivity index (χ3v) is 11.9. The average molecular weight is 841 g/mol. The Balaban J connectivity index is 1.07. The van der Waals surface area contributed by atoms with E-state index in [4.69, 9.17) is 25.9 Å². The summed E-state index contributed by atoms with van der Waals surface area (Å²) in [5.74, 6) is -2.42. The van der Waals surface area contributed by atoms with Gasteiger partial charge in [0.2, 0.25) is 11.8 Å². The topological polar surface area (TPSA) is 259 Å². The van der Waals surface area contributed by atoms with Crippen molar-refractivity contribution in [3.8, 4) is 11.4 Å². The molecule has 3 aliphatic rings. The first-order valence-electron chi connectivity index (χ1n) is 20.3. The van der Waals surface area contributed by atoms with Gasteiger partial charge in [-0.1, -0.05) is 32.9 Å². The van der Waals surface area contributed by atoms with Gasteiger partial charge in [0, 0.05) is 34.8 Å². The molecule has 0 saturated carbocycles. The summed E-state index contributed by atoms with van der Waals surface area (Å²) in [4.78, 5) is 82.0. The summed E-state index contributed by atoms with van der Waals surface area (Å²) in [6, 6.07) is 6.44. The first kappa shape index (κ1) is 42.7. The molecule has 0 radical (unpaired) electrons. The second-order valence-electron chi connectivity index (χ2n) is 16.1. The molecule has 0 saturated heterocycles. The van der Waals surface area contributed by atoms with Crippen molar-refractivity contribution in [3.05, 3.63) is 91.5 Å². The Morgan fingerprint density at radius 2 is 1.84 bits per heavy atom. The number of nitrogens with two attached hydrogens (primary N) is 2. The maximum Gasteiger partial charge on any atom is 0.407 e. The molecule has 322 valence electrons. The van der Waals surface area contributed by atoms with E-state index in [2.05, 4.69) is 21.3 Å². The molecule has 4 aromatic rings. The Kier molecular flexibility index (Phi) is 11.9. The number of urea groups is 1. The van der Waals surface area contributed by atoms with Crippen molar-refractivity contribution in [1.82, 2.24) is 25.5 Å². The van der Waals surface area contributed by atoms with Crippen LogP contribution in [0.5, 0.6) is 0 Å². The van der Waals surface area contributed by atoms with E-state index in [1.807, 2.05) is 0 Å². The Bertz CT molecular complexity index is 2520. The third-order valence-electron chi connectivity index (χ3n) is 11.9. The molecule has 0 bridgehead atoms. The summed E-state index contributed by atoms with van der Waals surface area (Å²) in [6.45, 7) is 6.78. The largest absolute Gasteiger partial charge is 0.458 e. The Morgan fingerprint density at radius 3 is 2.52 bits per heavy atom. The number of aryl methyl sites for hydroxylation is 1. The lowest BCUT2D eigenvalue weighted by atomic mass is 9.81. The van der Waals surface area contributed by atoms with Crippen molar-refractivity contribution in [2.24, 2.45) is 17.4 Å². The second-order valence-corrected chi connectivity index (χ2v) is 16.1. The fourth-order valence-electron chi connectivity index (χ4n) is 8.30. The molecule has 4 heterocycles. The van der Waals surface area contributed by atoms with Gasteiger partial charge in [0.15, 0.2) is 5.60 Å². The van der Waals surface area contributed by atoms with Crippen LogP contribution < -0.4 is 38.3 Å². The standard InChI is InChI=1S/C43H49FN8O9/c1-5-43(59)27-15-32-36-25(17-52(32)39(55)26(27)19-60-40(43)56)34-29(13-12-24-21(4)28(44)16-31(49-36)33(24)34)51-42(58)61-18-22-8-10-23(11-9-22)48-37(53)30(7-6-14-47-41(46)57)50-38(54)35(45)20(2)3/h8-11,15-16,20,29-30,35,59H,5-7,12-14,17-19,45H2,1-4H3,(H,48,53)(H,50,54)(H,51,58)(H3,46,47,57). The van der Waals surface area contributed by atoms with E-state index >= 15 is 4.39 Å². The van der Waals surface area contributed by atoms with E-state index in [9.17, 15) is 33.9 Å². The monoisotopic (exact) mass is 840 g/mol. The number of alkyl carbamates (subject to hydrolysis) is 1. The highest BCUT2D eigenvalue weighted by atomic mass is 19.1. The molecule has 9 N–H and O–H groups in total. The lowest BCUT2D eigenvalue weighted by Gasteiger charge is -2.31. The number of esters is 1. The van der Waals surface area contributed by atoms with Crippen LogP contribution in [0.4, 0.5) is 19.7 Å². The van der Waals surface area contributed by atoms with Crippen molar-refractivity contribution in [1.29, 1.82) is 0 Å². The van der Waals surface area contributed by atoms with Crippen LogP contribution >= 0.6 is 0 Å². The average Bonchev–Trinajstić information content (AvgIpc) is 3.60. The quantitative estimate of drug-likeness (QED) is 0.0669. The summed E-state index contributed by atoms with van der Waals surface area (Å²) in [5, 5.41) is 22.9. The van der Waals surface area contributed by atoms with Crippen LogP contribution in [0.1, 0.15) is 91.4 Å². The first-order valence-corrected chi connectivity index (χ1v) is 20.3. The summed E-state index contributed by atoms with van der Waals surface area (Å²) in [7, 11) is 0. The predicted octanol–water partition coefficient (Wildman–Crippen LogP) is 3.30. The lowest BCUT2D eigenvalue weighted by Crippen LogP contribution is -2.51. The number of benzene rings is 2. The van der Waals surface area contributed by atoms with Crippen LogP contribution in [0.25, 0.3) is 22.3 Å². The number of halogens is 1. The molecule has 1 aliphatic carbocycles. The fraction of sp³-hybridized carbons (Fsp3) is 0.419. The zero-order valence-corrected chi connectivity index (χ0v) is 34.3. The number of nitrogens with zero attached hydrogens (tertiary/aromatic N) is 2. The molecule has 5 amide bonds. The molecule has 2 aromatic heterocycles. The number of anilines is 1. The predicted molar refractivity (Wildman–Crippen MR) is 220 cm³/mol. The minimum absolute atomic E-state index is 0.0242. The molecule has 4 atom stereocenters. The van der Waals surface area contributed by atoms with Crippen molar-refractivity contribution in [2.75, 3.05) is 11.9 Å². The number of nitrogens with one attached hydrogen (secondary N) is 4. The molecule has 61 heavy (non-hydrogen) atoms. The number of amides is 5. The fourth-order valence-corrected chi connectivity index (χ4v) is 8.30. The molecular weight excluding hydrogens is 792 g/mol. The van der Waals surface area contributed by atoms with Gasteiger partial charge >= 0.3 is 18.1 Å². The van der Waals surface area contributed by atoms with Gasteiger partial charge in [0.25, 0.3) is 5.56 Å². The van der Waals surface area contributed by atoms with Crippen LogP contribution in [0.15, 0.2) is 41.2 Å². The number of carbonyl (C=O) groups excluding carboxylic acids is 5. The molecule has 17 nitrogen and oxygen atoms in total. The molecule has 4 unspecified atom stereocenters. The Morgan fingerprint density at radius 1 is 1.10 bits per heavy atom. The lowest BCUT2D eigenvalue weighted by molar-refractivity contribution is -0.172. The molecular formula is C43H49FN8O9. The zero-order valence-electron chi connectivity index (χ0n) is 34.3. The Labute approximate surface area is 349 Å². The van der Waals surface area contributed by atoms with Gasteiger partial charge in [0.05, 0.1) is 41.1 Å². The third kappa shape index (κ3) is 8.12. The summed E-state index contributed by atoms with van der Waals surface area (Å²) in [5.41, 5.74) is 13.7. The number of aliphatic hydroxyl groups is 1. The number of cyclic esters (lactones) is 1. The normalized spacial score (nSPS) is 18.3. The molecule has 0 spiro atoms. The van der Waals surface area contributed by atoms with Crippen molar-refractivity contribution < 1.29 is 42.9 Å². The summed E-state index contributed by atoms with van der Waals surface area (Å²) < 4.78 is 27.7. The van der Waals surface area contributed by atoms with Gasteiger partial charge in [0.1, 0.15) is 25.1 Å². The van der Waals surface area contributed by atoms with Crippen molar-refractivity contribution in [2.45, 2.75) is 103 Å². The van der Waals surface area contributed by atoms with Gasteiger partial charge in [-0.2, -0.15) is 0 Å². The van der Waals surface area contributed by atoms with E-state index in [0.717, 1.165) is 5.56 Å². The number of hydrogen-bond donors (Lipinski definition) is 7. The van der Waals surface area contributed by atoms with Gasteiger partial charge in [-0.05, 0) is 85.4 Å². The molecule has 0 fully saturated rings.